The van der Waals surface area contributed by atoms with Gasteiger partial charge in [0.05, 0.1) is 26.0 Å². The summed E-state index contributed by atoms with van der Waals surface area (Å²) in [6.45, 7) is 0.917. The van der Waals surface area contributed by atoms with E-state index >= 15 is 0 Å². The zero-order valence-corrected chi connectivity index (χ0v) is 19.2. The molecule has 0 bridgehead atoms. The Labute approximate surface area is 202 Å². The maximum Gasteiger partial charge on any atom is 0.282 e. The van der Waals surface area contributed by atoms with Crippen LogP contribution in [0.1, 0.15) is 12.0 Å². The van der Waals surface area contributed by atoms with Crippen molar-refractivity contribution in [2.75, 3.05) is 25.3 Å². The van der Waals surface area contributed by atoms with Gasteiger partial charge in [-0.2, -0.15) is 0 Å². The first-order valence-electron chi connectivity index (χ1n) is 10.7. The molecular formula is C26H23ClN2O5. The van der Waals surface area contributed by atoms with Crippen LogP contribution in [0.25, 0.3) is 6.08 Å². The van der Waals surface area contributed by atoms with Crippen LogP contribution < -0.4 is 24.6 Å². The number of methoxy groups -OCH3 is 1. The molecule has 1 heterocycles. The number of carbonyl (C=O) groups excluding carboxylic acids is 2. The van der Waals surface area contributed by atoms with E-state index in [2.05, 4.69) is 5.43 Å². The topological polar surface area (TPSA) is 77.1 Å². The van der Waals surface area contributed by atoms with Crippen molar-refractivity contribution in [2.45, 2.75) is 6.42 Å². The average Bonchev–Trinajstić information content (AvgIpc) is 3.14. The molecule has 4 rings (SSSR count). The molecule has 0 radical (unpaired) electrons. The third kappa shape index (κ3) is 5.50. The Kier molecular flexibility index (Phi) is 7.34. The highest BCUT2D eigenvalue weighted by Gasteiger charge is 2.34. The normalized spacial score (nSPS) is 14.3. The summed E-state index contributed by atoms with van der Waals surface area (Å²) in [5.74, 6) is 0.920. The standard InChI is InChI=1S/C26H23ClN2O5/c1-32-24-17-18(16-22-25(30)28-29(26(22)31)20-6-3-2-4-7-20)8-13-23(24)34-15-5-14-33-21-11-9-19(27)10-12-21/h2-4,6-13,16-17H,5,14-15H2,1H3,(H,28,30)/b22-16-. The number of rotatable bonds is 9. The number of halogens is 1. The van der Waals surface area contributed by atoms with Gasteiger partial charge < -0.3 is 14.2 Å². The van der Waals surface area contributed by atoms with Gasteiger partial charge in [0.1, 0.15) is 11.3 Å². The first-order chi connectivity index (χ1) is 16.5. The number of hydrogen-bond donors (Lipinski definition) is 1. The fraction of sp³-hybridized carbons (Fsp3) is 0.154. The zero-order chi connectivity index (χ0) is 23.9. The lowest BCUT2D eigenvalue weighted by atomic mass is 10.1. The molecular weight excluding hydrogens is 456 g/mol. The van der Waals surface area contributed by atoms with Crippen LogP contribution >= 0.6 is 11.6 Å². The summed E-state index contributed by atoms with van der Waals surface area (Å²) in [7, 11) is 1.54. The number of para-hydroxylation sites is 1. The second-order valence-corrected chi connectivity index (χ2v) is 7.83. The van der Waals surface area contributed by atoms with Crippen LogP contribution in [-0.4, -0.2) is 32.1 Å². The summed E-state index contributed by atoms with van der Waals surface area (Å²) in [6, 6.07) is 21.3. The van der Waals surface area contributed by atoms with Crippen molar-refractivity contribution in [2.24, 2.45) is 0 Å². The molecule has 0 spiro atoms. The third-order valence-electron chi connectivity index (χ3n) is 5.03. The predicted octanol–water partition coefficient (Wildman–Crippen LogP) is 4.66. The maximum atomic E-state index is 12.8. The van der Waals surface area contributed by atoms with Crippen molar-refractivity contribution >= 4 is 35.2 Å². The molecule has 34 heavy (non-hydrogen) atoms. The van der Waals surface area contributed by atoms with E-state index in [0.717, 1.165) is 5.75 Å². The van der Waals surface area contributed by atoms with Crippen molar-refractivity contribution < 1.29 is 23.8 Å². The number of ether oxygens (including phenoxy) is 3. The van der Waals surface area contributed by atoms with Gasteiger partial charge in [-0.15, -0.1) is 0 Å². The Morgan fingerprint density at radius 1 is 0.912 bits per heavy atom. The number of carbonyl (C=O) groups is 2. The van der Waals surface area contributed by atoms with Crippen molar-refractivity contribution in [3.63, 3.8) is 0 Å². The second-order valence-electron chi connectivity index (χ2n) is 7.39. The quantitative estimate of drug-likeness (QED) is 0.275. The number of hydrazine groups is 1. The smallest absolute Gasteiger partial charge is 0.282 e. The van der Waals surface area contributed by atoms with Crippen molar-refractivity contribution in [3.05, 3.63) is 89.0 Å². The summed E-state index contributed by atoms with van der Waals surface area (Å²) in [4.78, 5) is 25.2. The molecule has 1 aliphatic heterocycles. The summed E-state index contributed by atoms with van der Waals surface area (Å²) in [6.07, 6.45) is 2.20. The fourth-order valence-electron chi connectivity index (χ4n) is 3.34. The minimum atomic E-state index is -0.464. The van der Waals surface area contributed by atoms with Crippen LogP contribution in [0, 0.1) is 0 Å². The molecule has 0 aliphatic carbocycles. The Bertz CT molecular complexity index is 1200. The molecule has 0 unspecified atom stereocenters. The lowest BCUT2D eigenvalue weighted by Crippen LogP contribution is -2.35. The number of anilines is 1. The molecule has 0 saturated carbocycles. The Hall–Kier alpha value is -3.97. The molecule has 0 aromatic heterocycles. The fourth-order valence-corrected chi connectivity index (χ4v) is 3.46. The number of nitrogens with one attached hydrogen (secondary N) is 1. The Balaban J connectivity index is 1.37. The Morgan fingerprint density at radius 3 is 2.38 bits per heavy atom. The molecule has 1 fully saturated rings. The number of benzene rings is 3. The van der Waals surface area contributed by atoms with E-state index in [-0.39, 0.29) is 5.57 Å². The molecule has 3 aromatic carbocycles. The van der Waals surface area contributed by atoms with E-state index in [1.807, 2.05) is 18.2 Å². The highest BCUT2D eigenvalue weighted by atomic mass is 35.5. The highest BCUT2D eigenvalue weighted by molar-refractivity contribution is 6.31. The van der Waals surface area contributed by atoms with Crippen LogP contribution in [0.3, 0.4) is 0 Å². The molecule has 1 N–H and O–H groups in total. The largest absolute Gasteiger partial charge is 0.493 e. The van der Waals surface area contributed by atoms with Gasteiger partial charge in [-0.1, -0.05) is 35.9 Å². The molecule has 7 nitrogen and oxygen atoms in total. The summed E-state index contributed by atoms with van der Waals surface area (Å²) < 4.78 is 16.9. The summed E-state index contributed by atoms with van der Waals surface area (Å²) in [5.41, 5.74) is 3.86. The summed E-state index contributed by atoms with van der Waals surface area (Å²) >= 11 is 5.87. The van der Waals surface area contributed by atoms with Crippen LogP contribution in [0.15, 0.2) is 78.4 Å². The van der Waals surface area contributed by atoms with E-state index in [9.17, 15) is 9.59 Å². The van der Waals surface area contributed by atoms with Gasteiger partial charge in [0.15, 0.2) is 11.5 Å². The first-order valence-corrected chi connectivity index (χ1v) is 11.0. The second kappa shape index (κ2) is 10.8. The molecule has 2 amide bonds. The number of nitrogens with zero attached hydrogens (tertiary/aromatic N) is 1. The predicted molar refractivity (Wildman–Crippen MR) is 130 cm³/mol. The molecule has 1 aliphatic rings. The highest BCUT2D eigenvalue weighted by Crippen LogP contribution is 2.30. The SMILES string of the molecule is COc1cc(/C=C2/C(=O)NN(c3ccccc3)C2=O)ccc1OCCCOc1ccc(Cl)cc1. The molecule has 174 valence electrons. The van der Waals surface area contributed by atoms with Gasteiger partial charge in [-0.25, -0.2) is 5.01 Å². The van der Waals surface area contributed by atoms with Gasteiger partial charge in [-0.05, 0) is 60.2 Å². The third-order valence-corrected chi connectivity index (χ3v) is 5.29. The molecule has 1 saturated heterocycles. The van der Waals surface area contributed by atoms with E-state index < -0.39 is 11.8 Å². The van der Waals surface area contributed by atoms with E-state index in [4.69, 9.17) is 25.8 Å². The number of hydrogen-bond acceptors (Lipinski definition) is 5. The lowest BCUT2D eigenvalue weighted by molar-refractivity contribution is -0.117. The molecule has 8 heteroatoms. The van der Waals surface area contributed by atoms with E-state index in [0.29, 0.717) is 47.4 Å². The van der Waals surface area contributed by atoms with Gasteiger partial charge >= 0.3 is 0 Å². The summed E-state index contributed by atoms with van der Waals surface area (Å²) in [5, 5.41) is 1.89. The first kappa shape index (κ1) is 23.2. The number of amides is 2. The van der Waals surface area contributed by atoms with Crippen LogP contribution in [0.5, 0.6) is 17.2 Å². The van der Waals surface area contributed by atoms with E-state index in [1.165, 1.54) is 18.2 Å². The maximum absolute atomic E-state index is 12.8. The lowest BCUT2D eigenvalue weighted by Gasteiger charge is -2.14. The van der Waals surface area contributed by atoms with Gasteiger partial charge in [0.2, 0.25) is 0 Å². The monoisotopic (exact) mass is 478 g/mol. The van der Waals surface area contributed by atoms with Crippen LogP contribution in [0.4, 0.5) is 5.69 Å². The molecule has 3 aromatic rings. The van der Waals surface area contributed by atoms with Gasteiger partial charge in [0.25, 0.3) is 11.8 Å². The van der Waals surface area contributed by atoms with Crippen LogP contribution in [0.2, 0.25) is 5.02 Å². The zero-order valence-electron chi connectivity index (χ0n) is 18.5. The molecule has 0 atom stereocenters. The van der Waals surface area contributed by atoms with E-state index in [1.54, 1.807) is 54.6 Å². The van der Waals surface area contributed by atoms with Crippen LogP contribution in [-0.2, 0) is 9.59 Å². The minimum Gasteiger partial charge on any atom is -0.493 e. The van der Waals surface area contributed by atoms with Crippen molar-refractivity contribution in [1.82, 2.24) is 5.43 Å². The van der Waals surface area contributed by atoms with Crippen molar-refractivity contribution in [3.8, 4) is 17.2 Å². The Morgan fingerprint density at radius 2 is 1.65 bits per heavy atom. The average molecular weight is 479 g/mol. The van der Waals surface area contributed by atoms with Gasteiger partial charge in [0, 0.05) is 11.4 Å². The minimum absolute atomic E-state index is 0.0407. The van der Waals surface area contributed by atoms with Crippen molar-refractivity contribution in [1.29, 1.82) is 0 Å². The van der Waals surface area contributed by atoms with Gasteiger partial charge in [-0.3, -0.25) is 15.0 Å².